The molecule has 0 bridgehead atoms. The SMILES string of the molecule is CC1(C)c2ccccc2C(C)(C)c2cc(N(c3ccc(-c4ccccc4)cc3)c3ccc(-c4ccccc4)cc3)c(-c3cccc4c3CB(c3ccccc3)O4)cc21. The Hall–Kier alpha value is -6.58. The van der Waals surface area contributed by atoms with Crippen molar-refractivity contribution in [3.05, 3.63) is 222 Å². The molecule has 8 aromatic rings. The van der Waals surface area contributed by atoms with Crippen molar-refractivity contribution in [2.45, 2.75) is 44.8 Å². The van der Waals surface area contributed by atoms with Gasteiger partial charge < -0.3 is 9.55 Å². The molecule has 1 aliphatic carbocycles. The topological polar surface area (TPSA) is 12.5 Å². The molecule has 0 spiro atoms. The number of rotatable bonds is 7. The van der Waals surface area contributed by atoms with Gasteiger partial charge >= 0.3 is 6.92 Å². The van der Waals surface area contributed by atoms with Crippen LogP contribution in [0.25, 0.3) is 33.4 Å². The maximum atomic E-state index is 6.75. The van der Waals surface area contributed by atoms with Crippen LogP contribution in [0.3, 0.4) is 0 Å². The molecule has 0 radical (unpaired) electrons. The lowest BCUT2D eigenvalue weighted by molar-refractivity contribution is 0.521. The van der Waals surface area contributed by atoms with Crippen LogP contribution in [-0.2, 0) is 17.2 Å². The van der Waals surface area contributed by atoms with E-state index < -0.39 is 0 Å². The summed E-state index contributed by atoms with van der Waals surface area (Å²) in [6.07, 6.45) is 0.807. The molecule has 0 saturated carbocycles. The molecular weight excluding hydrogens is 701 g/mol. The van der Waals surface area contributed by atoms with Crippen LogP contribution in [-0.4, -0.2) is 6.92 Å². The van der Waals surface area contributed by atoms with Gasteiger partial charge in [-0.05, 0) is 110 Å². The molecule has 0 saturated heterocycles. The van der Waals surface area contributed by atoms with E-state index in [1.807, 2.05) is 0 Å². The molecule has 280 valence electrons. The van der Waals surface area contributed by atoms with Crippen molar-refractivity contribution in [1.29, 1.82) is 0 Å². The minimum atomic E-state index is -0.227. The van der Waals surface area contributed by atoms with Gasteiger partial charge in [-0.3, -0.25) is 0 Å². The molecule has 2 aliphatic rings. The number of hydrogen-bond donors (Lipinski definition) is 0. The lowest BCUT2D eigenvalue weighted by atomic mass is 9.58. The molecular formula is C55H46BNO. The fourth-order valence-electron chi connectivity index (χ4n) is 9.55. The zero-order valence-electron chi connectivity index (χ0n) is 33.6. The van der Waals surface area contributed by atoms with Crippen LogP contribution in [0, 0.1) is 0 Å². The Morgan fingerprint density at radius 3 is 1.43 bits per heavy atom. The third kappa shape index (κ3) is 6.05. The van der Waals surface area contributed by atoms with Gasteiger partial charge in [-0.2, -0.15) is 0 Å². The van der Waals surface area contributed by atoms with Crippen molar-refractivity contribution < 1.29 is 4.65 Å². The monoisotopic (exact) mass is 747 g/mol. The van der Waals surface area contributed by atoms with Crippen LogP contribution < -0.4 is 15.0 Å². The molecule has 0 fully saturated rings. The van der Waals surface area contributed by atoms with Gasteiger partial charge in [0.1, 0.15) is 5.75 Å². The maximum Gasteiger partial charge on any atom is 0.396 e. The van der Waals surface area contributed by atoms with E-state index in [2.05, 4.69) is 227 Å². The fourth-order valence-corrected chi connectivity index (χ4v) is 9.55. The molecule has 0 N–H and O–H groups in total. The molecule has 0 aromatic heterocycles. The number of hydrogen-bond acceptors (Lipinski definition) is 2. The molecule has 2 nitrogen and oxygen atoms in total. The summed E-state index contributed by atoms with van der Waals surface area (Å²) in [5, 5.41) is 0. The van der Waals surface area contributed by atoms with Crippen LogP contribution in [0.5, 0.6) is 5.75 Å². The highest BCUT2D eigenvalue weighted by Crippen LogP contribution is 2.54. The van der Waals surface area contributed by atoms with Crippen molar-refractivity contribution in [1.82, 2.24) is 0 Å². The Kier molecular flexibility index (Phi) is 8.71. The van der Waals surface area contributed by atoms with E-state index in [9.17, 15) is 0 Å². The molecule has 0 atom stereocenters. The molecule has 3 heteroatoms. The van der Waals surface area contributed by atoms with Crippen LogP contribution in [0.2, 0.25) is 0 Å². The summed E-state index contributed by atoms with van der Waals surface area (Å²) in [4.78, 5) is 2.48. The molecule has 10 rings (SSSR count). The summed E-state index contributed by atoms with van der Waals surface area (Å²) >= 11 is 0. The fraction of sp³-hybridized carbons (Fsp3) is 0.127. The van der Waals surface area contributed by atoms with E-state index in [0.717, 1.165) is 29.1 Å². The van der Waals surface area contributed by atoms with Crippen LogP contribution in [0.4, 0.5) is 17.1 Å². The minimum Gasteiger partial charge on any atom is -0.555 e. The van der Waals surface area contributed by atoms with Crippen LogP contribution in [0.15, 0.2) is 194 Å². The van der Waals surface area contributed by atoms with Gasteiger partial charge in [-0.25, -0.2) is 0 Å². The summed E-state index contributed by atoms with van der Waals surface area (Å²) in [5.74, 6) is 0.964. The number of anilines is 3. The molecule has 1 aliphatic heterocycles. The smallest absolute Gasteiger partial charge is 0.396 e. The van der Waals surface area contributed by atoms with E-state index in [0.29, 0.717) is 0 Å². The first-order chi connectivity index (χ1) is 28.3. The molecule has 8 aromatic carbocycles. The number of nitrogens with zero attached hydrogens (tertiary/aromatic N) is 1. The molecule has 58 heavy (non-hydrogen) atoms. The summed E-state index contributed by atoms with van der Waals surface area (Å²) in [6, 6.07) is 70.8. The van der Waals surface area contributed by atoms with E-state index in [4.69, 9.17) is 4.65 Å². The minimum absolute atomic E-state index is 0.0344. The quantitative estimate of drug-likeness (QED) is 0.151. The van der Waals surface area contributed by atoms with Gasteiger partial charge in [-0.1, -0.05) is 179 Å². The van der Waals surface area contributed by atoms with Crippen molar-refractivity contribution >= 4 is 29.4 Å². The average Bonchev–Trinajstić information content (AvgIpc) is 3.73. The van der Waals surface area contributed by atoms with E-state index >= 15 is 0 Å². The van der Waals surface area contributed by atoms with Crippen molar-refractivity contribution in [2.24, 2.45) is 0 Å². The Morgan fingerprint density at radius 2 is 0.897 bits per heavy atom. The largest absolute Gasteiger partial charge is 0.555 e. The second-order valence-electron chi connectivity index (χ2n) is 16.9. The zero-order chi connectivity index (χ0) is 39.4. The first kappa shape index (κ1) is 35.8. The summed E-state index contributed by atoms with van der Waals surface area (Å²) in [5.41, 5.74) is 18.1. The Labute approximate surface area is 343 Å². The highest BCUT2D eigenvalue weighted by atomic mass is 16.4. The highest BCUT2D eigenvalue weighted by molar-refractivity contribution is 6.68. The molecule has 0 amide bonds. The number of fused-ring (bicyclic) bond motifs is 3. The lowest BCUT2D eigenvalue weighted by Gasteiger charge is -2.45. The maximum absolute atomic E-state index is 6.75. The van der Waals surface area contributed by atoms with Crippen molar-refractivity contribution in [3.63, 3.8) is 0 Å². The second-order valence-corrected chi connectivity index (χ2v) is 16.9. The molecule has 1 heterocycles. The Morgan fingerprint density at radius 1 is 0.431 bits per heavy atom. The predicted octanol–water partition coefficient (Wildman–Crippen LogP) is 13.5. The van der Waals surface area contributed by atoms with Gasteiger partial charge in [0.05, 0.1) is 5.69 Å². The van der Waals surface area contributed by atoms with Gasteiger partial charge in [0.2, 0.25) is 0 Å². The normalized spacial score (nSPS) is 14.5. The first-order valence-electron chi connectivity index (χ1n) is 20.5. The van der Waals surface area contributed by atoms with E-state index in [1.54, 1.807) is 0 Å². The number of benzene rings is 8. The Bertz CT molecular complexity index is 2670. The summed E-state index contributed by atoms with van der Waals surface area (Å²) in [6.45, 7) is 9.56. The average molecular weight is 748 g/mol. The van der Waals surface area contributed by atoms with E-state index in [-0.39, 0.29) is 17.7 Å². The second kappa shape index (κ2) is 14.1. The van der Waals surface area contributed by atoms with Crippen molar-refractivity contribution in [2.75, 3.05) is 4.90 Å². The van der Waals surface area contributed by atoms with Crippen molar-refractivity contribution in [3.8, 4) is 39.1 Å². The van der Waals surface area contributed by atoms with Gasteiger partial charge in [0.15, 0.2) is 0 Å². The van der Waals surface area contributed by atoms with Crippen LogP contribution in [0.1, 0.15) is 55.5 Å². The lowest BCUT2D eigenvalue weighted by Crippen LogP contribution is -2.36. The zero-order valence-corrected chi connectivity index (χ0v) is 33.6. The summed E-state index contributed by atoms with van der Waals surface area (Å²) < 4.78 is 6.75. The third-order valence-corrected chi connectivity index (χ3v) is 12.7. The van der Waals surface area contributed by atoms with Gasteiger partial charge in [0.25, 0.3) is 0 Å². The molecule has 0 unspecified atom stereocenters. The Balaban J connectivity index is 1.22. The first-order valence-corrected chi connectivity index (χ1v) is 20.5. The highest BCUT2D eigenvalue weighted by Gasteiger charge is 2.43. The van der Waals surface area contributed by atoms with Gasteiger partial charge in [0, 0.05) is 27.8 Å². The standard InChI is InChI=1S/C55H46BNO/c1-54(2)48-24-14-15-25-49(48)55(3,4)51-36-52(46(35-50(51)54)45-23-16-26-53-47(45)37-56(58-53)42-21-12-7-13-22-42)57(43-31-27-40(28-32-43)38-17-8-5-9-18-38)44-33-29-41(30-34-44)39-19-10-6-11-20-39/h5-36H,37H2,1-4H3. The van der Waals surface area contributed by atoms with Gasteiger partial charge in [-0.15, -0.1) is 0 Å². The third-order valence-electron chi connectivity index (χ3n) is 12.7. The van der Waals surface area contributed by atoms with E-state index in [1.165, 1.54) is 66.7 Å². The summed E-state index contributed by atoms with van der Waals surface area (Å²) in [7, 11) is 0. The van der Waals surface area contributed by atoms with Crippen LogP contribution >= 0.6 is 0 Å². The predicted molar refractivity (Wildman–Crippen MR) is 244 cm³/mol.